The van der Waals surface area contributed by atoms with E-state index in [0.717, 1.165) is 30.1 Å². The monoisotopic (exact) mass is 437 g/mol. The summed E-state index contributed by atoms with van der Waals surface area (Å²) in [5, 5.41) is 0. The van der Waals surface area contributed by atoms with Crippen LogP contribution in [0.25, 0.3) is 11.2 Å². The van der Waals surface area contributed by atoms with E-state index >= 15 is 0 Å². The summed E-state index contributed by atoms with van der Waals surface area (Å²) < 4.78 is 41.6. The van der Waals surface area contributed by atoms with E-state index in [-0.39, 0.29) is 0 Å². The van der Waals surface area contributed by atoms with Gasteiger partial charge in [0.1, 0.15) is 6.33 Å². The van der Waals surface area contributed by atoms with Crippen LogP contribution in [0.3, 0.4) is 0 Å². The molecule has 0 N–H and O–H groups in total. The topological polar surface area (TPSA) is 106 Å². The predicted molar refractivity (Wildman–Crippen MR) is 109 cm³/mol. The van der Waals surface area contributed by atoms with Crippen LogP contribution in [0.2, 0.25) is 0 Å². The van der Waals surface area contributed by atoms with Crippen molar-refractivity contribution in [3.8, 4) is 0 Å². The summed E-state index contributed by atoms with van der Waals surface area (Å²) in [6.07, 6.45) is 3.35. The molecular weight excluding hydrogens is 410 g/mol. The Kier molecular flexibility index (Phi) is 5.35. The molecule has 3 aliphatic heterocycles. The lowest BCUT2D eigenvalue weighted by atomic mass is 10.0. The van der Waals surface area contributed by atoms with Crippen molar-refractivity contribution in [2.45, 2.75) is 6.54 Å². The Morgan fingerprint density at radius 3 is 2.50 bits per heavy atom. The largest absolute Gasteiger partial charge is 0.383 e. The van der Waals surface area contributed by atoms with Gasteiger partial charge in [-0.25, -0.2) is 15.0 Å². The molecule has 0 spiro atoms. The molecule has 0 saturated carbocycles. The molecule has 11 nitrogen and oxygen atoms in total. The highest BCUT2D eigenvalue weighted by atomic mass is 32.2. The number of imidazole rings is 1. The number of rotatable bonds is 6. The second-order valence-electron chi connectivity index (χ2n) is 8.06. The highest BCUT2D eigenvalue weighted by Gasteiger charge is 2.46. The van der Waals surface area contributed by atoms with E-state index in [2.05, 4.69) is 19.9 Å². The number of fused-ring (bicyclic) bond motifs is 2. The van der Waals surface area contributed by atoms with Crippen LogP contribution in [0.4, 0.5) is 5.82 Å². The first-order valence-corrected chi connectivity index (χ1v) is 11.7. The molecule has 0 bridgehead atoms. The van der Waals surface area contributed by atoms with E-state index in [9.17, 15) is 8.42 Å². The summed E-state index contributed by atoms with van der Waals surface area (Å²) in [4.78, 5) is 15.7. The van der Waals surface area contributed by atoms with E-state index in [0.29, 0.717) is 64.4 Å². The van der Waals surface area contributed by atoms with Gasteiger partial charge in [0.2, 0.25) is 0 Å². The lowest BCUT2D eigenvalue weighted by molar-refractivity contribution is 0.0705. The predicted octanol–water partition coefficient (Wildman–Crippen LogP) is -0.582. The smallest absolute Gasteiger partial charge is 0.282 e. The summed E-state index contributed by atoms with van der Waals surface area (Å²) in [5.41, 5.74) is 1.58. The van der Waals surface area contributed by atoms with Crippen LogP contribution in [0.5, 0.6) is 0 Å². The molecule has 5 rings (SSSR count). The summed E-state index contributed by atoms with van der Waals surface area (Å²) in [6.45, 7) is 5.73. The molecule has 30 heavy (non-hydrogen) atoms. The van der Waals surface area contributed by atoms with Crippen LogP contribution >= 0.6 is 0 Å². The first-order valence-electron chi connectivity index (χ1n) is 10.3. The van der Waals surface area contributed by atoms with Crippen LogP contribution in [0.15, 0.2) is 12.7 Å². The van der Waals surface area contributed by atoms with Crippen molar-refractivity contribution in [2.24, 2.45) is 11.8 Å². The van der Waals surface area contributed by atoms with Gasteiger partial charge in [-0.15, -0.1) is 0 Å². The van der Waals surface area contributed by atoms with Gasteiger partial charge < -0.3 is 18.9 Å². The molecule has 5 heterocycles. The fourth-order valence-electron chi connectivity index (χ4n) is 4.71. The van der Waals surface area contributed by atoms with Gasteiger partial charge in [-0.05, 0) is 11.8 Å². The van der Waals surface area contributed by atoms with Crippen molar-refractivity contribution in [2.75, 3.05) is 71.1 Å². The van der Waals surface area contributed by atoms with Crippen LogP contribution in [-0.4, -0.2) is 103 Å². The number of nitrogens with zero attached hydrogens (tertiary/aromatic N) is 7. The molecule has 164 valence electrons. The summed E-state index contributed by atoms with van der Waals surface area (Å²) in [5.74, 6) is 1.41. The molecule has 0 amide bonds. The van der Waals surface area contributed by atoms with Crippen molar-refractivity contribution in [1.82, 2.24) is 28.1 Å². The lowest BCUT2D eigenvalue weighted by Gasteiger charge is -2.31. The van der Waals surface area contributed by atoms with Gasteiger partial charge in [0.05, 0.1) is 26.1 Å². The number of aromatic nitrogens is 4. The molecule has 0 aliphatic carbocycles. The normalized spacial score (nSPS) is 26.0. The Bertz CT molecular complexity index is 993. The number of methoxy groups -OCH3 is 1. The number of hydrogen-bond acceptors (Lipinski definition) is 8. The third kappa shape index (κ3) is 3.46. The van der Waals surface area contributed by atoms with Crippen LogP contribution < -0.4 is 4.90 Å². The fourth-order valence-corrected chi connectivity index (χ4v) is 6.40. The first-order chi connectivity index (χ1) is 14.6. The van der Waals surface area contributed by atoms with E-state index in [1.165, 1.54) is 0 Å². The highest BCUT2D eigenvalue weighted by molar-refractivity contribution is 7.86. The Morgan fingerprint density at radius 2 is 1.80 bits per heavy atom. The molecule has 2 atom stereocenters. The van der Waals surface area contributed by atoms with Crippen molar-refractivity contribution in [1.29, 1.82) is 0 Å². The van der Waals surface area contributed by atoms with Crippen molar-refractivity contribution < 1.29 is 17.9 Å². The number of ether oxygens (including phenoxy) is 2. The second kappa shape index (κ2) is 8.00. The third-order valence-electron chi connectivity index (χ3n) is 6.29. The summed E-state index contributed by atoms with van der Waals surface area (Å²) in [6, 6.07) is 0. The molecule has 3 fully saturated rings. The van der Waals surface area contributed by atoms with Gasteiger partial charge in [-0.3, -0.25) is 0 Å². The van der Waals surface area contributed by atoms with Crippen LogP contribution in [0, 0.1) is 11.8 Å². The van der Waals surface area contributed by atoms with Crippen LogP contribution in [-0.2, 0) is 26.2 Å². The molecule has 2 unspecified atom stereocenters. The average molecular weight is 438 g/mol. The zero-order chi connectivity index (χ0) is 20.7. The van der Waals surface area contributed by atoms with Gasteiger partial charge in [-0.2, -0.15) is 17.0 Å². The Balaban J connectivity index is 1.30. The standard InChI is InChI=1S/C18H27N7O4S/c1-28-5-2-22-13-21-16-17(22)19-12-20-18(16)23-8-14-10-25(11-15(14)9-23)30(26,27)24-3-6-29-7-4-24/h12-15H,2-11H2,1H3. The summed E-state index contributed by atoms with van der Waals surface area (Å²) in [7, 11) is -1.74. The van der Waals surface area contributed by atoms with Crippen molar-refractivity contribution in [3.63, 3.8) is 0 Å². The minimum atomic E-state index is -3.41. The molecule has 12 heteroatoms. The molecule has 0 radical (unpaired) electrons. The first kappa shape index (κ1) is 20.1. The Hall–Kier alpha value is -1.86. The Labute approximate surface area is 175 Å². The molecular formula is C18H27N7O4S. The van der Waals surface area contributed by atoms with Crippen molar-refractivity contribution in [3.05, 3.63) is 12.7 Å². The Morgan fingerprint density at radius 1 is 1.07 bits per heavy atom. The third-order valence-corrected chi connectivity index (χ3v) is 8.26. The number of hydrogen-bond donors (Lipinski definition) is 0. The molecule has 0 aromatic carbocycles. The molecule has 2 aromatic heterocycles. The number of anilines is 1. The lowest BCUT2D eigenvalue weighted by Crippen LogP contribution is -2.48. The zero-order valence-corrected chi connectivity index (χ0v) is 17.9. The van der Waals surface area contributed by atoms with E-state index in [1.807, 2.05) is 4.57 Å². The maximum absolute atomic E-state index is 13.0. The van der Waals surface area contributed by atoms with E-state index < -0.39 is 10.2 Å². The van der Waals surface area contributed by atoms with Gasteiger partial charge in [0, 0.05) is 52.9 Å². The average Bonchev–Trinajstić information content (AvgIpc) is 3.46. The van der Waals surface area contributed by atoms with Gasteiger partial charge in [0.15, 0.2) is 17.0 Å². The number of morpholine rings is 1. The van der Waals surface area contributed by atoms with E-state index in [4.69, 9.17) is 9.47 Å². The maximum Gasteiger partial charge on any atom is 0.282 e. The van der Waals surface area contributed by atoms with Gasteiger partial charge in [0.25, 0.3) is 10.2 Å². The maximum atomic E-state index is 13.0. The molecule has 3 aliphatic rings. The quantitative estimate of drug-likeness (QED) is 0.591. The minimum absolute atomic E-state index is 0.293. The van der Waals surface area contributed by atoms with Crippen molar-refractivity contribution >= 4 is 27.2 Å². The van der Waals surface area contributed by atoms with Gasteiger partial charge >= 0.3 is 0 Å². The van der Waals surface area contributed by atoms with Gasteiger partial charge in [-0.1, -0.05) is 0 Å². The highest BCUT2D eigenvalue weighted by Crippen LogP contribution is 2.36. The van der Waals surface area contributed by atoms with E-state index in [1.54, 1.807) is 28.4 Å². The van der Waals surface area contributed by atoms with Crippen LogP contribution in [0.1, 0.15) is 0 Å². The fraction of sp³-hybridized carbons (Fsp3) is 0.722. The SMILES string of the molecule is COCCn1cnc2c(N3CC4CN(S(=O)(=O)N5CCOCC5)CC4C3)ncnc21. The molecule has 3 saturated heterocycles. The second-order valence-corrected chi connectivity index (χ2v) is 9.99. The minimum Gasteiger partial charge on any atom is -0.383 e. The molecule has 2 aromatic rings. The zero-order valence-electron chi connectivity index (χ0n) is 17.1. The summed E-state index contributed by atoms with van der Waals surface area (Å²) >= 11 is 0.